The molecule has 0 aromatic carbocycles. The number of hydrogen-bond donors (Lipinski definition) is 1. The van der Waals surface area contributed by atoms with Crippen molar-refractivity contribution in [1.82, 2.24) is 10.2 Å². The maximum absolute atomic E-state index is 11.0. The quantitative estimate of drug-likeness (QED) is 0.704. The summed E-state index contributed by atoms with van der Waals surface area (Å²) in [5.41, 5.74) is 0. The molecule has 0 bridgehead atoms. The van der Waals surface area contributed by atoms with Gasteiger partial charge in [0.2, 0.25) is 5.85 Å². The first-order chi connectivity index (χ1) is 6.77. The van der Waals surface area contributed by atoms with E-state index in [4.69, 9.17) is 4.74 Å². The van der Waals surface area contributed by atoms with E-state index in [0.717, 1.165) is 25.9 Å². The van der Waals surface area contributed by atoms with Crippen molar-refractivity contribution in [1.29, 1.82) is 0 Å². The predicted octanol–water partition coefficient (Wildman–Crippen LogP) is 0.567. The lowest BCUT2D eigenvalue weighted by molar-refractivity contribution is -0.0961. The molecule has 1 atom stereocenters. The van der Waals surface area contributed by atoms with Gasteiger partial charge in [0.05, 0.1) is 6.21 Å². The Bertz CT molecular complexity index is 261. The number of nitrogens with one attached hydrogen (secondary N) is 1. The first kappa shape index (κ1) is 9.61. The number of carbonyl (C=O) groups is 1. The minimum Gasteiger partial charge on any atom is -0.341 e. The monoisotopic (exact) mass is 197 g/mol. The van der Waals surface area contributed by atoms with Crippen LogP contribution in [0.3, 0.4) is 0 Å². The number of nitrogens with zero attached hydrogens (tertiary/aromatic N) is 2. The second kappa shape index (κ2) is 3.67. The van der Waals surface area contributed by atoms with Gasteiger partial charge in [0.25, 0.3) is 0 Å². The number of amides is 2. The van der Waals surface area contributed by atoms with Crippen molar-refractivity contribution in [3.63, 3.8) is 0 Å². The number of urea groups is 1. The van der Waals surface area contributed by atoms with Crippen LogP contribution in [0.15, 0.2) is 4.99 Å². The number of methoxy groups -OCH3 is 1. The van der Waals surface area contributed by atoms with Gasteiger partial charge >= 0.3 is 6.03 Å². The molecule has 0 saturated carbocycles. The molecule has 2 amide bonds. The molecule has 2 aliphatic rings. The first-order valence-electron chi connectivity index (χ1n) is 4.94. The van der Waals surface area contributed by atoms with Gasteiger partial charge in [-0.2, -0.15) is 4.99 Å². The van der Waals surface area contributed by atoms with Gasteiger partial charge in [0.1, 0.15) is 0 Å². The van der Waals surface area contributed by atoms with Crippen LogP contribution >= 0.6 is 0 Å². The van der Waals surface area contributed by atoms with Gasteiger partial charge < -0.3 is 4.74 Å². The molecule has 0 aliphatic carbocycles. The third-order valence-electron chi connectivity index (χ3n) is 2.78. The van der Waals surface area contributed by atoms with Crippen LogP contribution in [-0.2, 0) is 4.74 Å². The molecule has 2 aliphatic heterocycles. The highest BCUT2D eigenvalue weighted by atomic mass is 16.5. The lowest BCUT2D eigenvalue weighted by Crippen LogP contribution is -2.61. The smallest absolute Gasteiger partial charge is 0.341 e. The van der Waals surface area contributed by atoms with Crippen LogP contribution in [0.25, 0.3) is 0 Å². The summed E-state index contributed by atoms with van der Waals surface area (Å²) in [5, 5.41) is 2.73. The van der Waals surface area contributed by atoms with Crippen molar-refractivity contribution in [2.45, 2.75) is 25.1 Å². The molecule has 1 unspecified atom stereocenters. The number of carbonyl (C=O) groups excluding carboxylic acids is 1. The van der Waals surface area contributed by atoms with Gasteiger partial charge in [-0.25, -0.2) is 4.79 Å². The number of aliphatic imine (C=N–C) groups is 1. The number of ether oxygens (including phenoxy) is 1. The third kappa shape index (κ3) is 1.53. The maximum Gasteiger partial charge on any atom is 0.344 e. The summed E-state index contributed by atoms with van der Waals surface area (Å²) in [6.45, 7) is 1.89. The summed E-state index contributed by atoms with van der Waals surface area (Å²) in [6, 6.07) is -0.322. The van der Waals surface area contributed by atoms with Crippen molar-refractivity contribution >= 4 is 12.2 Å². The van der Waals surface area contributed by atoms with E-state index < -0.39 is 5.85 Å². The molecule has 78 valence electrons. The van der Waals surface area contributed by atoms with Gasteiger partial charge in [-0.05, 0) is 12.8 Å². The molecule has 5 nitrogen and oxygen atoms in total. The highest BCUT2D eigenvalue weighted by molar-refractivity contribution is 5.94. The average Bonchev–Trinajstić information content (AvgIpc) is 2.63. The van der Waals surface area contributed by atoms with Crippen LogP contribution in [0.1, 0.15) is 19.3 Å². The molecule has 1 fully saturated rings. The van der Waals surface area contributed by atoms with Crippen LogP contribution in [0.2, 0.25) is 0 Å². The maximum atomic E-state index is 11.0. The molecule has 2 rings (SSSR count). The minimum absolute atomic E-state index is 0.322. The van der Waals surface area contributed by atoms with Crippen molar-refractivity contribution in [3.8, 4) is 0 Å². The number of hydrogen-bond acceptors (Lipinski definition) is 3. The average molecular weight is 197 g/mol. The fourth-order valence-corrected chi connectivity index (χ4v) is 1.98. The fraction of sp³-hybridized carbons (Fsp3) is 0.778. The summed E-state index contributed by atoms with van der Waals surface area (Å²) in [5.74, 6) is -0.780. The second-order valence-corrected chi connectivity index (χ2v) is 3.64. The van der Waals surface area contributed by atoms with Crippen molar-refractivity contribution in [3.05, 3.63) is 0 Å². The van der Waals surface area contributed by atoms with Crippen molar-refractivity contribution < 1.29 is 9.53 Å². The zero-order valence-corrected chi connectivity index (χ0v) is 8.32. The summed E-state index contributed by atoms with van der Waals surface area (Å²) >= 11 is 0. The Kier molecular flexibility index (Phi) is 2.52. The highest BCUT2D eigenvalue weighted by Crippen LogP contribution is 2.20. The van der Waals surface area contributed by atoms with Gasteiger partial charge in [0, 0.05) is 20.2 Å². The van der Waals surface area contributed by atoms with Crippen LogP contribution in [0.4, 0.5) is 4.79 Å². The van der Waals surface area contributed by atoms with E-state index >= 15 is 0 Å². The van der Waals surface area contributed by atoms with E-state index in [0.29, 0.717) is 0 Å². The Morgan fingerprint density at radius 2 is 2.21 bits per heavy atom. The molecular formula is C9H15N3O2. The Labute approximate surface area is 83.1 Å². The van der Waals surface area contributed by atoms with E-state index in [9.17, 15) is 4.79 Å². The summed E-state index contributed by atoms with van der Waals surface area (Å²) in [6.07, 6.45) is 5.10. The lowest BCUT2D eigenvalue weighted by atomic mass is 10.1. The Morgan fingerprint density at radius 3 is 2.71 bits per heavy atom. The third-order valence-corrected chi connectivity index (χ3v) is 2.78. The number of likely N-dealkylation sites (tertiary alicyclic amines) is 1. The molecule has 0 radical (unpaired) electrons. The van der Waals surface area contributed by atoms with Gasteiger partial charge in [-0.3, -0.25) is 10.2 Å². The molecule has 0 aromatic heterocycles. The SMILES string of the molecule is COC1(N2CCCCC2)C=NC(=O)N1. The molecule has 1 saturated heterocycles. The standard InChI is InChI=1S/C9H15N3O2/c1-14-9(7-10-8(13)11-9)12-5-3-2-4-6-12/h7H,2-6H2,1H3,(H,11,13). The summed E-state index contributed by atoms with van der Waals surface area (Å²) in [4.78, 5) is 16.9. The Hall–Kier alpha value is -0.940. The topological polar surface area (TPSA) is 53.9 Å². The number of rotatable bonds is 2. The number of piperidine rings is 1. The van der Waals surface area contributed by atoms with E-state index in [1.807, 2.05) is 0 Å². The summed E-state index contributed by atoms with van der Waals surface area (Å²) < 4.78 is 5.35. The zero-order chi connectivity index (χ0) is 10.0. The van der Waals surface area contributed by atoms with Crippen molar-refractivity contribution in [2.24, 2.45) is 4.99 Å². The Morgan fingerprint density at radius 1 is 1.50 bits per heavy atom. The lowest BCUT2D eigenvalue weighted by Gasteiger charge is -2.39. The van der Waals surface area contributed by atoms with Gasteiger partial charge in [-0.15, -0.1) is 0 Å². The molecule has 14 heavy (non-hydrogen) atoms. The van der Waals surface area contributed by atoms with Crippen LogP contribution in [-0.4, -0.2) is 43.2 Å². The van der Waals surface area contributed by atoms with Crippen LogP contribution in [0.5, 0.6) is 0 Å². The van der Waals surface area contributed by atoms with E-state index in [2.05, 4.69) is 15.2 Å². The van der Waals surface area contributed by atoms with E-state index in [1.54, 1.807) is 13.3 Å². The first-order valence-corrected chi connectivity index (χ1v) is 4.94. The largest absolute Gasteiger partial charge is 0.344 e. The van der Waals surface area contributed by atoms with Crippen molar-refractivity contribution in [2.75, 3.05) is 20.2 Å². The van der Waals surface area contributed by atoms with E-state index in [1.165, 1.54) is 6.42 Å². The molecule has 1 N–H and O–H groups in total. The van der Waals surface area contributed by atoms with Crippen LogP contribution < -0.4 is 5.32 Å². The second-order valence-electron chi connectivity index (χ2n) is 3.64. The normalized spacial score (nSPS) is 33.4. The van der Waals surface area contributed by atoms with Gasteiger partial charge in [-0.1, -0.05) is 6.42 Å². The molecule has 5 heteroatoms. The minimum atomic E-state index is -0.780. The molecule has 0 aromatic rings. The molecule has 0 spiro atoms. The van der Waals surface area contributed by atoms with Crippen LogP contribution in [0, 0.1) is 0 Å². The molecular weight excluding hydrogens is 182 g/mol. The zero-order valence-electron chi connectivity index (χ0n) is 8.32. The van der Waals surface area contributed by atoms with Gasteiger partial charge in [0.15, 0.2) is 0 Å². The fourth-order valence-electron chi connectivity index (χ4n) is 1.98. The molecule has 2 heterocycles. The van der Waals surface area contributed by atoms with E-state index in [-0.39, 0.29) is 6.03 Å². The predicted molar refractivity (Wildman–Crippen MR) is 52.2 cm³/mol. The Balaban J connectivity index is 2.11. The summed E-state index contributed by atoms with van der Waals surface area (Å²) in [7, 11) is 1.59. The highest BCUT2D eigenvalue weighted by Gasteiger charge is 2.41.